The summed E-state index contributed by atoms with van der Waals surface area (Å²) < 4.78 is 0. The Bertz CT molecular complexity index is 545. The lowest BCUT2D eigenvalue weighted by Gasteiger charge is -2.16. The van der Waals surface area contributed by atoms with Gasteiger partial charge in [0, 0.05) is 4.88 Å². The average molecular weight is 274 g/mol. The van der Waals surface area contributed by atoms with E-state index in [-0.39, 0.29) is 6.04 Å². The van der Waals surface area contributed by atoms with Crippen LogP contribution in [0.15, 0.2) is 24.3 Å². The third-order valence-electron chi connectivity index (χ3n) is 3.27. The SMILES string of the molecule is CCNC(c1cccc(C)c1)c1nc(CC)c(C)s1. The molecule has 0 saturated heterocycles. The topological polar surface area (TPSA) is 24.9 Å². The van der Waals surface area contributed by atoms with Crippen LogP contribution in [0.2, 0.25) is 0 Å². The molecule has 0 bridgehead atoms. The molecule has 0 aliphatic rings. The smallest absolute Gasteiger partial charge is 0.115 e. The predicted octanol–water partition coefficient (Wildman–Crippen LogP) is 4.02. The molecule has 0 spiro atoms. The van der Waals surface area contributed by atoms with Crippen molar-refractivity contribution in [1.82, 2.24) is 10.3 Å². The molecule has 0 aliphatic heterocycles. The summed E-state index contributed by atoms with van der Waals surface area (Å²) in [7, 11) is 0. The summed E-state index contributed by atoms with van der Waals surface area (Å²) in [5, 5.41) is 4.74. The van der Waals surface area contributed by atoms with Crippen molar-refractivity contribution in [3.63, 3.8) is 0 Å². The average Bonchev–Trinajstić information content (AvgIpc) is 2.77. The first-order chi connectivity index (χ1) is 9.15. The molecule has 102 valence electrons. The molecule has 1 N–H and O–H groups in total. The number of benzene rings is 1. The van der Waals surface area contributed by atoms with Crippen molar-refractivity contribution in [2.75, 3.05) is 6.54 Å². The zero-order chi connectivity index (χ0) is 13.8. The Balaban J connectivity index is 2.39. The molecule has 0 radical (unpaired) electrons. The van der Waals surface area contributed by atoms with Gasteiger partial charge in [0.25, 0.3) is 0 Å². The van der Waals surface area contributed by atoms with Crippen LogP contribution in [-0.2, 0) is 6.42 Å². The molecule has 0 fully saturated rings. The van der Waals surface area contributed by atoms with Crippen molar-refractivity contribution in [3.8, 4) is 0 Å². The lowest BCUT2D eigenvalue weighted by molar-refractivity contribution is 0.625. The van der Waals surface area contributed by atoms with Crippen LogP contribution < -0.4 is 5.32 Å². The fourth-order valence-corrected chi connectivity index (χ4v) is 3.42. The number of hydrogen-bond acceptors (Lipinski definition) is 3. The van der Waals surface area contributed by atoms with E-state index in [0.717, 1.165) is 13.0 Å². The fourth-order valence-electron chi connectivity index (χ4n) is 2.30. The second-order valence-electron chi connectivity index (χ2n) is 4.81. The fraction of sp³-hybridized carbons (Fsp3) is 0.438. The second-order valence-corrected chi connectivity index (χ2v) is 6.05. The van der Waals surface area contributed by atoms with Crippen LogP contribution in [0.3, 0.4) is 0 Å². The highest BCUT2D eigenvalue weighted by atomic mass is 32.1. The van der Waals surface area contributed by atoms with Gasteiger partial charge in [0.1, 0.15) is 5.01 Å². The van der Waals surface area contributed by atoms with E-state index < -0.39 is 0 Å². The molecule has 0 amide bonds. The Labute approximate surface area is 119 Å². The lowest BCUT2D eigenvalue weighted by atomic mass is 10.0. The third-order valence-corrected chi connectivity index (χ3v) is 4.35. The maximum absolute atomic E-state index is 4.81. The molecular formula is C16H22N2S. The Morgan fingerprint density at radius 1 is 1.26 bits per heavy atom. The summed E-state index contributed by atoms with van der Waals surface area (Å²) in [6.45, 7) is 9.56. The van der Waals surface area contributed by atoms with Gasteiger partial charge in [-0.05, 0) is 32.4 Å². The van der Waals surface area contributed by atoms with E-state index in [1.54, 1.807) is 0 Å². The Morgan fingerprint density at radius 2 is 2.05 bits per heavy atom. The first-order valence-corrected chi connectivity index (χ1v) is 7.73. The van der Waals surface area contributed by atoms with Crippen LogP contribution in [0.1, 0.15) is 46.6 Å². The molecule has 1 unspecified atom stereocenters. The number of rotatable bonds is 5. The van der Waals surface area contributed by atoms with Crippen molar-refractivity contribution < 1.29 is 0 Å². The molecule has 2 rings (SSSR count). The number of aromatic nitrogens is 1. The Morgan fingerprint density at radius 3 is 2.63 bits per heavy atom. The normalized spacial score (nSPS) is 12.6. The van der Waals surface area contributed by atoms with Crippen molar-refractivity contribution in [1.29, 1.82) is 0 Å². The lowest BCUT2D eigenvalue weighted by Crippen LogP contribution is -2.22. The third kappa shape index (κ3) is 3.23. The summed E-state index contributed by atoms with van der Waals surface area (Å²) >= 11 is 1.81. The van der Waals surface area contributed by atoms with Crippen molar-refractivity contribution in [3.05, 3.63) is 51.0 Å². The zero-order valence-corrected chi connectivity index (χ0v) is 13.0. The Hall–Kier alpha value is -1.19. The molecule has 0 aliphatic carbocycles. The predicted molar refractivity (Wildman–Crippen MR) is 82.9 cm³/mol. The molecule has 0 saturated carbocycles. The minimum Gasteiger partial charge on any atom is -0.305 e. The van der Waals surface area contributed by atoms with E-state index in [1.807, 2.05) is 11.3 Å². The van der Waals surface area contributed by atoms with E-state index in [9.17, 15) is 0 Å². The van der Waals surface area contributed by atoms with Gasteiger partial charge in [-0.15, -0.1) is 11.3 Å². The number of hydrogen-bond donors (Lipinski definition) is 1. The molecule has 2 nitrogen and oxygen atoms in total. The van der Waals surface area contributed by atoms with E-state index in [2.05, 4.69) is 57.3 Å². The van der Waals surface area contributed by atoms with Crippen molar-refractivity contribution in [2.24, 2.45) is 0 Å². The van der Waals surface area contributed by atoms with Crippen LogP contribution in [0.4, 0.5) is 0 Å². The molecule has 1 aromatic heterocycles. The molecule has 19 heavy (non-hydrogen) atoms. The standard InChI is InChI=1S/C16H22N2S/c1-5-14-12(4)19-16(18-14)15(17-6-2)13-9-7-8-11(3)10-13/h7-10,15,17H,5-6H2,1-4H3. The highest BCUT2D eigenvalue weighted by molar-refractivity contribution is 7.11. The number of nitrogens with one attached hydrogen (secondary N) is 1. The van der Waals surface area contributed by atoms with Gasteiger partial charge in [-0.1, -0.05) is 43.7 Å². The van der Waals surface area contributed by atoms with Gasteiger partial charge in [-0.25, -0.2) is 4.98 Å². The van der Waals surface area contributed by atoms with Gasteiger partial charge < -0.3 is 5.32 Å². The van der Waals surface area contributed by atoms with E-state index >= 15 is 0 Å². The van der Waals surface area contributed by atoms with E-state index in [0.29, 0.717) is 0 Å². The summed E-state index contributed by atoms with van der Waals surface area (Å²) in [5.74, 6) is 0. The monoisotopic (exact) mass is 274 g/mol. The summed E-state index contributed by atoms with van der Waals surface area (Å²) in [6.07, 6.45) is 1.01. The Kier molecular flexibility index (Phi) is 4.72. The van der Waals surface area contributed by atoms with Crippen LogP contribution in [0.25, 0.3) is 0 Å². The minimum absolute atomic E-state index is 0.217. The minimum atomic E-state index is 0.217. The number of thiazole rings is 1. The molecule has 3 heteroatoms. The van der Waals surface area contributed by atoms with Crippen molar-refractivity contribution >= 4 is 11.3 Å². The molecule has 1 atom stereocenters. The second kappa shape index (κ2) is 6.31. The van der Waals surface area contributed by atoms with Gasteiger partial charge in [0.15, 0.2) is 0 Å². The maximum atomic E-state index is 4.81. The van der Waals surface area contributed by atoms with E-state index in [4.69, 9.17) is 4.98 Å². The first-order valence-electron chi connectivity index (χ1n) is 6.91. The molecule has 1 heterocycles. The zero-order valence-electron chi connectivity index (χ0n) is 12.2. The maximum Gasteiger partial charge on any atom is 0.115 e. The van der Waals surface area contributed by atoms with Gasteiger partial charge in [0.2, 0.25) is 0 Å². The summed E-state index contributed by atoms with van der Waals surface area (Å²) in [4.78, 5) is 6.15. The quantitative estimate of drug-likeness (QED) is 0.890. The number of aryl methyl sites for hydroxylation is 3. The summed E-state index contributed by atoms with van der Waals surface area (Å²) in [6, 6.07) is 8.90. The van der Waals surface area contributed by atoms with Crippen molar-refractivity contribution in [2.45, 2.75) is 40.2 Å². The molecular weight excluding hydrogens is 252 g/mol. The van der Waals surface area contributed by atoms with Crippen LogP contribution in [0.5, 0.6) is 0 Å². The van der Waals surface area contributed by atoms with Gasteiger partial charge >= 0.3 is 0 Å². The molecule has 1 aromatic carbocycles. The van der Waals surface area contributed by atoms with Gasteiger partial charge in [-0.3, -0.25) is 0 Å². The van der Waals surface area contributed by atoms with E-state index in [1.165, 1.54) is 26.7 Å². The van der Waals surface area contributed by atoms with Gasteiger partial charge in [-0.2, -0.15) is 0 Å². The molecule has 2 aromatic rings. The first kappa shape index (κ1) is 14.2. The van der Waals surface area contributed by atoms with Crippen LogP contribution in [0, 0.1) is 13.8 Å². The van der Waals surface area contributed by atoms with Crippen LogP contribution >= 0.6 is 11.3 Å². The highest BCUT2D eigenvalue weighted by Crippen LogP contribution is 2.28. The van der Waals surface area contributed by atoms with Crippen LogP contribution in [-0.4, -0.2) is 11.5 Å². The largest absolute Gasteiger partial charge is 0.305 e. The number of nitrogens with zero attached hydrogens (tertiary/aromatic N) is 1. The highest BCUT2D eigenvalue weighted by Gasteiger charge is 2.18. The summed E-state index contributed by atoms with van der Waals surface area (Å²) in [5.41, 5.74) is 3.83. The van der Waals surface area contributed by atoms with Gasteiger partial charge in [0.05, 0.1) is 11.7 Å².